The van der Waals surface area contributed by atoms with E-state index in [4.69, 9.17) is 0 Å². The number of rotatable bonds is 8. The fraction of sp³-hybridized carbons (Fsp3) is 0.133. The van der Waals surface area contributed by atoms with Crippen LogP contribution in [0.5, 0.6) is 0 Å². The standard InChI is InChI=1S/C30H27N3/c1-23-29(27-16-8-10-18-31-27)26(30(23)28-17-9-11-19-32-28)22-33(20-24-12-4-2-5-13-24)21-25-14-6-3-7-15-25/h2-19,29H,1,20-22H2. The van der Waals surface area contributed by atoms with Gasteiger partial charge in [0.1, 0.15) is 0 Å². The van der Waals surface area contributed by atoms with Crippen LogP contribution in [0.3, 0.4) is 0 Å². The van der Waals surface area contributed by atoms with E-state index >= 15 is 0 Å². The molecule has 4 aromatic rings. The molecule has 2 aromatic carbocycles. The van der Waals surface area contributed by atoms with Gasteiger partial charge in [-0.25, -0.2) is 0 Å². The molecule has 3 heteroatoms. The van der Waals surface area contributed by atoms with E-state index in [1.807, 2.05) is 30.6 Å². The highest BCUT2D eigenvalue weighted by atomic mass is 15.1. The lowest BCUT2D eigenvalue weighted by Gasteiger charge is -2.38. The van der Waals surface area contributed by atoms with Gasteiger partial charge in [-0.1, -0.05) is 79.4 Å². The predicted octanol–water partition coefficient (Wildman–Crippen LogP) is 6.29. The van der Waals surface area contributed by atoms with E-state index in [9.17, 15) is 0 Å². The maximum absolute atomic E-state index is 4.67. The first-order valence-electron chi connectivity index (χ1n) is 11.3. The molecule has 0 radical (unpaired) electrons. The van der Waals surface area contributed by atoms with Crippen molar-refractivity contribution in [3.05, 3.63) is 150 Å². The van der Waals surface area contributed by atoms with Crippen LogP contribution in [0.2, 0.25) is 0 Å². The van der Waals surface area contributed by atoms with E-state index in [-0.39, 0.29) is 5.92 Å². The predicted molar refractivity (Wildman–Crippen MR) is 134 cm³/mol. The van der Waals surface area contributed by atoms with Crippen molar-refractivity contribution in [2.45, 2.75) is 19.0 Å². The summed E-state index contributed by atoms with van der Waals surface area (Å²) in [4.78, 5) is 11.8. The molecule has 1 atom stereocenters. The van der Waals surface area contributed by atoms with Gasteiger partial charge in [0, 0.05) is 43.5 Å². The maximum atomic E-state index is 4.67. The average molecular weight is 430 g/mol. The number of benzene rings is 2. The Labute approximate surface area is 195 Å². The minimum Gasteiger partial charge on any atom is -0.291 e. The topological polar surface area (TPSA) is 29.0 Å². The second-order valence-corrected chi connectivity index (χ2v) is 8.44. The molecule has 0 fully saturated rings. The molecule has 3 nitrogen and oxygen atoms in total. The fourth-order valence-corrected chi connectivity index (χ4v) is 4.63. The number of hydrogen-bond donors (Lipinski definition) is 0. The quantitative estimate of drug-likeness (QED) is 0.330. The van der Waals surface area contributed by atoms with Crippen molar-refractivity contribution in [2.24, 2.45) is 0 Å². The Kier molecular flexibility index (Phi) is 6.23. The molecule has 2 aromatic heterocycles. The summed E-state index contributed by atoms with van der Waals surface area (Å²) in [5.74, 6) is 0.122. The van der Waals surface area contributed by atoms with Gasteiger partial charge in [0.15, 0.2) is 0 Å². The first kappa shape index (κ1) is 21.0. The summed E-state index contributed by atoms with van der Waals surface area (Å²) in [7, 11) is 0. The Hall–Kier alpha value is -3.82. The maximum Gasteiger partial charge on any atom is 0.0705 e. The van der Waals surface area contributed by atoms with Gasteiger partial charge in [0.05, 0.1) is 11.4 Å². The van der Waals surface area contributed by atoms with E-state index in [1.165, 1.54) is 22.3 Å². The largest absolute Gasteiger partial charge is 0.291 e. The Morgan fingerprint density at radius 1 is 0.636 bits per heavy atom. The van der Waals surface area contributed by atoms with Crippen LogP contribution in [-0.4, -0.2) is 21.4 Å². The molecule has 5 rings (SSSR count). The molecular weight excluding hydrogens is 402 g/mol. The third-order valence-electron chi connectivity index (χ3n) is 6.14. The van der Waals surface area contributed by atoms with E-state index in [0.717, 1.165) is 36.6 Å². The van der Waals surface area contributed by atoms with Crippen LogP contribution >= 0.6 is 0 Å². The van der Waals surface area contributed by atoms with E-state index < -0.39 is 0 Å². The van der Waals surface area contributed by atoms with Crippen molar-refractivity contribution in [1.29, 1.82) is 0 Å². The Balaban J connectivity index is 1.52. The lowest BCUT2D eigenvalue weighted by molar-refractivity contribution is 0.274. The fourth-order valence-electron chi connectivity index (χ4n) is 4.63. The average Bonchev–Trinajstić information content (AvgIpc) is 2.86. The molecular formula is C30H27N3. The van der Waals surface area contributed by atoms with Crippen molar-refractivity contribution in [3.63, 3.8) is 0 Å². The summed E-state index contributed by atoms with van der Waals surface area (Å²) in [5, 5.41) is 0. The summed E-state index contributed by atoms with van der Waals surface area (Å²) in [6.07, 6.45) is 3.72. The minimum atomic E-state index is 0.122. The molecule has 1 aliphatic carbocycles. The number of hydrogen-bond acceptors (Lipinski definition) is 3. The zero-order chi connectivity index (χ0) is 22.5. The zero-order valence-corrected chi connectivity index (χ0v) is 18.6. The van der Waals surface area contributed by atoms with Gasteiger partial charge in [-0.3, -0.25) is 14.9 Å². The molecule has 33 heavy (non-hydrogen) atoms. The summed E-state index contributed by atoms with van der Waals surface area (Å²) in [6, 6.07) is 33.5. The zero-order valence-electron chi connectivity index (χ0n) is 18.6. The Bertz CT molecular complexity index is 1190. The Morgan fingerprint density at radius 2 is 1.21 bits per heavy atom. The molecule has 0 amide bonds. The van der Waals surface area contributed by atoms with Crippen LogP contribution in [-0.2, 0) is 13.1 Å². The van der Waals surface area contributed by atoms with Gasteiger partial charge in [-0.15, -0.1) is 0 Å². The van der Waals surface area contributed by atoms with E-state index in [0.29, 0.717) is 0 Å². The molecule has 0 bridgehead atoms. The third-order valence-corrected chi connectivity index (χ3v) is 6.14. The van der Waals surface area contributed by atoms with Crippen molar-refractivity contribution in [3.8, 4) is 0 Å². The second-order valence-electron chi connectivity index (χ2n) is 8.44. The summed E-state index contributed by atoms with van der Waals surface area (Å²) < 4.78 is 0. The molecule has 162 valence electrons. The highest BCUT2D eigenvalue weighted by molar-refractivity contribution is 5.90. The highest BCUT2D eigenvalue weighted by Crippen LogP contribution is 2.50. The SMILES string of the molecule is C=C1C(c2ccccn2)=C(CN(Cc2ccccc2)Cc2ccccc2)C1c1ccccn1. The van der Waals surface area contributed by atoms with E-state index in [1.54, 1.807) is 0 Å². The first-order chi connectivity index (χ1) is 16.3. The van der Waals surface area contributed by atoms with Crippen LogP contribution in [0.25, 0.3) is 5.57 Å². The van der Waals surface area contributed by atoms with Crippen molar-refractivity contribution in [1.82, 2.24) is 14.9 Å². The molecule has 0 saturated heterocycles. The van der Waals surface area contributed by atoms with Crippen LogP contribution in [0.4, 0.5) is 0 Å². The highest BCUT2D eigenvalue weighted by Gasteiger charge is 2.37. The molecule has 0 N–H and O–H groups in total. The first-order valence-corrected chi connectivity index (χ1v) is 11.3. The molecule has 0 spiro atoms. The van der Waals surface area contributed by atoms with Crippen LogP contribution in [0.15, 0.2) is 127 Å². The number of aromatic nitrogens is 2. The van der Waals surface area contributed by atoms with Gasteiger partial charge in [-0.05, 0) is 46.5 Å². The normalized spacial score (nSPS) is 15.5. The van der Waals surface area contributed by atoms with Crippen LogP contribution in [0.1, 0.15) is 28.4 Å². The molecule has 1 unspecified atom stereocenters. The summed E-state index contributed by atoms with van der Waals surface area (Å²) in [6.45, 7) is 7.02. The molecule has 0 saturated carbocycles. The van der Waals surface area contributed by atoms with Gasteiger partial charge in [0.25, 0.3) is 0 Å². The molecule has 0 aliphatic heterocycles. The monoisotopic (exact) mass is 429 g/mol. The van der Waals surface area contributed by atoms with E-state index in [2.05, 4.69) is 100 Å². The lowest BCUT2D eigenvalue weighted by Crippen LogP contribution is -2.32. The third kappa shape index (κ3) is 4.69. The lowest BCUT2D eigenvalue weighted by atomic mass is 9.69. The minimum absolute atomic E-state index is 0.122. The number of nitrogens with zero attached hydrogens (tertiary/aromatic N) is 3. The number of pyridine rings is 2. The van der Waals surface area contributed by atoms with Gasteiger partial charge >= 0.3 is 0 Å². The van der Waals surface area contributed by atoms with Gasteiger partial charge in [0.2, 0.25) is 0 Å². The summed E-state index contributed by atoms with van der Waals surface area (Å²) >= 11 is 0. The summed E-state index contributed by atoms with van der Waals surface area (Å²) in [5.41, 5.74) is 8.27. The molecule has 2 heterocycles. The van der Waals surface area contributed by atoms with Crippen molar-refractivity contribution < 1.29 is 0 Å². The number of allylic oxidation sites excluding steroid dienone is 2. The van der Waals surface area contributed by atoms with Crippen LogP contribution < -0.4 is 0 Å². The van der Waals surface area contributed by atoms with Crippen molar-refractivity contribution in [2.75, 3.05) is 6.54 Å². The van der Waals surface area contributed by atoms with Crippen LogP contribution in [0, 0.1) is 0 Å². The molecule has 1 aliphatic rings. The van der Waals surface area contributed by atoms with Gasteiger partial charge < -0.3 is 0 Å². The Morgan fingerprint density at radius 3 is 1.76 bits per heavy atom. The smallest absolute Gasteiger partial charge is 0.0705 e. The second kappa shape index (κ2) is 9.76. The van der Waals surface area contributed by atoms with Gasteiger partial charge in [-0.2, -0.15) is 0 Å². The van der Waals surface area contributed by atoms with Crippen molar-refractivity contribution >= 4 is 5.57 Å².